The van der Waals surface area contributed by atoms with Crippen LogP contribution in [0.15, 0.2) is 126 Å². The summed E-state index contributed by atoms with van der Waals surface area (Å²) in [5.74, 6) is 5.11. The number of halogens is 2. The van der Waals surface area contributed by atoms with Crippen molar-refractivity contribution >= 4 is 17.0 Å². The standard InChI is InChI=1S/C7H11Si.3C6H5.C4H4P.2ClH.Zr/c1-8(2)7-5-3-4-6-7;3*1-2-4-6-5-3-1;1-2-4-5-3-1;;;/h3,5,8H,4H2,1-2H3;3*1-5H;1-3,5H;2*1H;/q5*-1;;;+2/p-2. The topological polar surface area (TPSA) is 0 Å². The van der Waals surface area contributed by atoms with E-state index in [2.05, 4.69) is 61.1 Å². The summed E-state index contributed by atoms with van der Waals surface area (Å²) >= 11 is 0. The van der Waals surface area contributed by atoms with Gasteiger partial charge in [0.15, 0.2) is 0 Å². The van der Waals surface area contributed by atoms with Crippen molar-refractivity contribution in [2.24, 2.45) is 0 Å². The Morgan fingerprint density at radius 3 is 1.21 bits per heavy atom. The maximum absolute atomic E-state index is 3.32. The molecule has 0 saturated heterocycles. The maximum atomic E-state index is 3.32. The summed E-state index contributed by atoms with van der Waals surface area (Å²) in [5, 5.41) is 1.50. The molecule has 34 heavy (non-hydrogen) atoms. The van der Waals surface area contributed by atoms with Gasteiger partial charge < -0.3 is 24.8 Å². The zero-order valence-corrected chi connectivity index (χ0v) is 25.7. The van der Waals surface area contributed by atoms with Crippen LogP contribution in [0.2, 0.25) is 13.1 Å². The van der Waals surface area contributed by atoms with E-state index in [9.17, 15) is 0 Å². The van der Waals surface area contributed by atoms with Crippen LogP contribution in [0.1, 0.15) is 6.42 Å². The molecule has 5 rings (SSSR count). The fourth-order valence-electron chi connectivity index (χ4n) is 2.08. The fraction of sp³-hybridized carbons (Fsp3) is 0.103. The zero-order chi connectivity index (χ0) is 22.2. The summed E-state index contributed by atoms with van der Waals surface area (Å²) in [6, 6.07) is 41.5. The molecule has 0 radical (unpaired) electrons. The summed E-state index contributed by atoms with van der Waals surface area (Å²) < 4.78 is 0. The second-order valence-corrected chi connectivity index (χ2v) is 10.3. The van der Waals surface area contributed by atoms with Crippen LogP contribution in [0.25, 0.3) is 0 Å². The van der Waals surface area contributed by atoms with Gasteiger partial charge in [0.1, 0.15) is 0 Å². The number of benzene rings is 3. The SMILES string of the molecule is C[SiH](C)C1=[C-]CC=C1.[Cl-].[Cl-].[Zr+2].[c-]1ccc[pH]1.[c-]1ccccc1.[c-]1ccccc1.[c-]1ccccc1. The van der Waals surface area contributed by atoms with Gasteiger partial charge in [0.25, 0.3) is 0 Å². The smallest absolute Gasteiger partial charge is 1.00 e. The molecule has 3 aromatic carbocycles. The first-order valence-corrected chi connectivity index (χ1v) is 14.3. The summed E-state index contributed by atoms with van der Waals surface area (Å²) in [6.45, 7) is 4.66. The molecular formula is C29H30Cl2PSiZr-5. The van der Waals surface area contributed by atoms with E-state index in [-0.39, 0.29) is 51.0 Å². The Morgan fingerprint density at radius 1 is 0.647 bits per heavy atom. The van der Waals surface area contributed by atoms with Gasteiger partial charge in [0.2, 0.25) is 0 Å². The third-order valence-corrected chi connectivity index (χ3v) is 5.94. The van der Waals surface area contributed by atoms with E-state index in [0.29, 0.717) is 0 Å². The Balaban J connectivity index is -0.000000348. The van der Waals surface area contributed by atoms with Crippen molar-refractivity contribution in [2.45, 2.75) is 19.5 Å². The van der Waals surface area contributed by atoms with E-state index in [1.54, 1.807) is 0 Å². The first kappa shape index (κ1) is 37.2. The summed E-state index contributed by atoms with van der Waals surface area (Å²) in [4.78, 5) is 0. The number of allylic oxidation sites excluding steroid dienone is 4. The van der Waals surface area contributed by atoms with Crippen molar-refractivity contribution in [2.75, 3.05) is 0 Å². The zero-order valence-electron chi connectivity index (χ0n) is 19.6. The van der Waals surface area contributed by atoms with E-state index >= 15 is 0 Å². The predicted octanol–water partition coefficient (Wildman–Crippen LogP) is 1.69. The summed E-state index contributed by atoms with van der Waals surface area (Å²) in [6.07, 6.45) is 8.78. The van der Waals surface area contributed by atoms with Gasteiger partial charge >= 0.3 is 26.2 Å². The first-order valence-electron chi connectivity index (χ1n) is 10.3. The monoisotopic (exact) mass is 597 g/mol. The van der Waals surface area contributed by atoms with Crippen molar-refractivity contribution in [1.29, 1.82) is 0 Å². The molecule has 1 atom stereocenters. The molecule has 1 aliphatic rings. The molecule has 1 aliphatic carbocycles. The summed E-state index contributed by atoms with van der Waals surface area (Å²) in [7, 11) is 0.318. The number of hydrogen-bond acceptors (Lipinski definition) is 0. The molecule has 178 valence electrons. The van der Waals surface area contributed by atoms with E-state index < -0.39 is 8.80 Å². The molecule has 0 N–H and O–H groups in total. The molecule has 0 amide bonds. The Bertz CT molecular complexity index is 713. The molecule has 5 heteroatoms. The van der Waals surface area contributed by atoms with Crippen LogP contribution < -0.4 is 24.8 Å². The second-order valence-electron chi connectivity index (χ2n) is 6.44. The van der Waals surface area contributed by atoms with Gasteiger partial charge in [0, 0.05) is 8.80 Å². The minimum Gasteiger partial charge on any atom is -1.00 e. The van der Waals surface area contributed by atoms with E-state index in [1.807, 2.05) is 103 Å². The van der Waals surface area contributed by atoms with Crippen LogP contribution in [-0.4, -0.2) is 8.80 Å². The molecule has 1 aromatic heterocycles. The van der Waals surface area contributed by atoms with E-state index in [4.69, 9.17) is 0 Å². The Kier molecular flexibility index (Phi) is 32.4. The van der Waals surface area contributed by atoms with Crippen molar-refractivity contribution in [3.05, 3.63) is 156 Å². The second kappa shape index (κ2) is 29.6. The largest absolute Gasteiger partial charge is 2.00 e. The van der Waals surface area contributed by atoms with E-state index in [0.717, 1.165) is 14.6 Å². The van der Waals surface area contributed by atoms with Crippen LogP contribution in [0.4, 0.5) is 0 Å². The minimum atomic E-state index is -0.504. The van der Waals surface area contributed by atoms with Crippen molar-refractivity contribution in [1.82, 2.24) is 0 Å². The average Bonchev–Trinajstić information content (AvgIpc) is 3.61. The maximum Gasteiger partial charge on any atom is 2.00 e. The third kappa shape index (κ3) is 25.2. The van der Waals surface area contributed by atoms with Crippen LogP contribution in [0.3, 0.4) is 0 Å². The van der Waals surface area contributed by atoms with Gasteiger partial charge in [-0.3, -0.25) is 14.3 Å². The molecule has 0 saturated carbocycles. The quantitative estimate of drug-likeness (QED) is 0.231. The van der Waals surface area contributed by atoms with Gasteiger partial charge in [-0.1, -0.05) is 13.1 Å². The van der Waals surface area contributed by atoms with E-state index in [1.165, 1.54) is 5.20 Å². The van der Waals surface area contributed by atoms with Crippen LogP contribution in [-0.2, 0) is 26.2 Å². The van der Waals surface area contributed by atoms with Gasteiger partial charge in [-0.25, -0.2) is 17.3 Å². The Hall–Kier alpha value is -1.40. The Labute approximate surface area is 242 Å². The van der Waals surface area contributed by atoms with Crippen molar-refractivity contribution in [3.63, 3.8) is 0 Å². The van der Waals surface area contributed by atoms with Crippen LogP contribution >= 0.6 is 8.19 Å². The normalized spacial score (nSPS) is 9.79. The van der Waals surface area contributed by atoms with Gasteiger partial charge in [0.05, 0.1) is 0 Å². The molecule has 0 spiro atoms. The fourth-order valence-corrected chi connectivity index (χ4v) is 3.61. The van der Waals surface area contributed by atoms with Gasteiger partial charge in [-0.2, -0.15) is 133 Å². The van der Waals surface area contributed by atoms with Crippen molar-refractivity contribution in [3.8, 4) is 0 Å². The first-order chi connectivity index (χ1) is 15.3. The Morgan fingerprint density at radius 2 is 1.09 bits per heavy atom. The van der Waals surface area contributed by atoms with Gasteiger partial charge in [-0.15, -0.1) is 6.42 Å². The van der Waals surface area contributed by atoms with Gasteiger partial charge in [-0.05, 0) is 0 Å². The number of hydrogen-bond donors (Lipinski definition) is 0. The van der Waals surface area contributed by atoms with Crippen LogP contribution in [0, 0.1) is 30.1 Å². The summed E-state index contributed by atoms with van der Waals surface area (Å²) in [5.41, 5.74) is 0. The molecule has 1 unspecified atom stereocenters. The minimum absolute atomic E-state index is 0. The molecule has 0 nitrogen and oxygen atoms in total. The molecule has 0 fully saturated rings. The molecule has 1 heterocycles. The molecule has 4 aromatic rings. The predicted molar refractivity (Wildman–Crippen MR) is 140 cm³/mol. The average molecular weight is 600 g/mol. The van der Waals surface area contributed by atoms with Crippen LogP contribution in [0.5, 0.6) is 0 Å². The third-order valence-electron chi connectivity index (χ3n) is 3.61. The number of rotatable bonds is 1. The molecular weight excluding hydrogens is 570 g/mol. The molecule has 0 bridgehead atoms. The van der Waals surface area contributed by atoms with Crippen molar-refractivity contribution < 1.29 is 51.0 Å². The molecule has 0 aliphatic heterocycles.